The summed E-state index contributed by atoms with van der Waals surface area (Å²) in [4.78, 5) is -0.888. The highest BCUT2D eigenvalue weighted by atomic mass is 32.2. The Hall–Kier alpha value is -1.32. The van der Waals surface area contributed by atoms with Crippen molar-refractivity contribution in [1.29, 1.82) is 0 Å². The number of hydrogen-bond donors (Lipinski definition) is 1. The molecule has 1 saturated heterocycles. The smallest absolute Gasteiger partial charge is 0.489 e. The van der Waals surface area contributed by atoms with Crippen LogP contribution in [0.1, 0.15) is 0 Å². The largest absolute Gasteiger partial charge is 0.502 e. The Balaban J connectivity index is 2.17. The molecule has 5 nitrogen and oxygen atoms in total. The molecular formula is C12H14F3NO4S. The number of morpholine rings is 1. The molecule has 0 radical (unpaired) electrons. The van der Waals surface area contributed by atoms with Crippen LogP contribution >= 0.6 is 0 Å². The summed E-state index contributed by atoms with van der Waals surface area (Å²) in [5.41, 5.74) is -5.37. The van der Waals surface area contributed by atoms with Crippen molar-refractivity contribution in [2.24, 2.45) is 0 Å². The lowest BCUT2D eigenvalue weighted by Gasteiger charge is -2.24. The fourth-order valence-electron chi connectivity index (χ4n) is 1.83. The Morgan fingerprint density at radius 3 is 2.67 bits per heavy atom. The summed E-state index contributed by atoms with van der Waals surface area (Å²) in [7, 11) is -5.44. The predicted octanol–water partition coefficient (Wildman–Crippen LogP) is 1.35. The van der Waals surface area contributed by atoms with Gasteiger partial charge in [-0.25, -0.2) is 8.42 Å². The molecule has 1 aromatic carbocycles. The first kappa shape index (κ1) is 16.1. The Bertz CT molecular complexity index is 582. The van der Waals surface area contributed by atoms with Crippen molar-refractivity contribution in [2.45, 2.75) is 16.5 Å². The van der Waals surface area contributed by atoms with Gasteiger partial charge in [-0.3, -0.25) is 0 Å². The predicted molar refractivity (Wildman–Crippen MR) is 67.8 cm³/mol. The van der Waals surface area contributed by atoms with Crippen molar-refractivity contribution in [2.75, 3.05) is 26.3 Å². The molecule has 2 rings (SSSR count). The second-order valence-corrected chi connectivity index (χ2v) is 6.31. The molecule has 0 spiro atoms. The highest BCUT2D eigenvalue weighted by molar-refractivity contribution is 7.92. The molecule has 1 aliphatic rings. The number of benzene rings is 1. The zero-order valence-corrected chi connectivity index (χ0v) is 11.7. The summed E-state index contributed by atoms with van der Waals surface area (Å²) < 4.78 is 71.3. The molecule has 118 valence electrons. The summed E-state index contributed by atoms with van der Waals surface area (Å²) in [6.07, 6.45) is -0.333. The highest BCUT2D eigenvalue weighted by Gasteiger charge is 2.48. The van der Waals surface area contributed by atoms with Gasteiger partial charge in [0.25, 0.3) is 9.84 Å². The monoisotopic (exact) mass is 325 g/mol. The summed E-state index contributed by atoms with van der Waals surface area (Å²) >= 11 is 0. The molecule has 1 atom stereocenters. The molecule has 0 aliphatic carbocycles. The minimum atomic E-state index is -5.44. The van der Waals surface area contributed by atoms with Crippen LogP contribution in [0.2, 0.25) is 0 Å². The second kappa shape index (κ2) is 6.20. The lowest BCUT2D eigenvalue weighted by Crippen LogP contribution is -2.41. The van der Waals surface area contributed by atoms with E-state index in [2.05, 4.69) is 5.32 Å². The fourth-order valence-corrected chi connectivity index (χ4v) is 2.72. The average molecular weight is 325 g/mol. The van der Waals surface area contributed by atoms with Gasteiger partial charge < -0.3 is 14.8 Å². The number of hydrogen-bond acceptors (Lipinski definition) is 5. The number of ether oxygens (including phenoxy) is 2. The SMILES string of the molecule is O=S(=O)(c1ccccc1OCC1CNCCO1)C(F)(F)F. The number of halogens is 3. The maximum absolute atomic E-state index is 12.6. The highest BCUT2D eigenvalue weighted by Crippen LogP contribution is 2.35. The average Bonchev–Trinajstić information content (AvgIpc) is 2.45. The maximum Gasteiger partial charge on any atom is 0.502 e. The van der Waals surface area contributed by atoms with Gasteiger partial charge in [-0.1, -0.05) is 12.1 Å². The molecule has 1 heterocycles. The third kappa shape index (κ3) is 3.66. The van der Waals surface area contributed by atoms with Crippen LogP contribution in [-0.4, -0.2) is 46.3 Å². The molecule has 0 amide bonds. The Morgan fingerprint density at radius 1 is 1.33 bits per heavy atom. The van der Waals surface area contributed by atoms with E-state index in [9.17, 15) is 21.6 Å². The Labute approximate surface area is 120 Å². The van der Waals surface area contributed by atoms with E-state index in [0.717, 1.165) is 6.07 Å². The summed E-state index contributed by atoms with van der Waals surface area (Å²) in [5, 5.41) is 3.04. The zero-order valence-electron chi connectivity index (χ0n) is 10.9. The number of alkyl halides is 3. The molecule has 0 saturated carbocycles. The first-order valence-corrected chi connectivity index (χ1v) is 7.66. The third-order valence-corrected chi connectivity index (χ3v) is 4.40. The van der Waals surface area contributed by atoms with Gasteiger partial charge in [-0.15, -0.1) is 0 Å². The molecule has 0 bridgehead atoms. The van der Waals surface area contributed by atoms with E-state index in [1.165, 1.54) is 18.2 Å². The van der Waals surface area contributed by atoms with Gasteiger partial charge in [0.15, 0.2) is 0 Å². The van der Waals surface area contributed by atoms with Crippen LogP contribution in [0.15, 0.2) is 29.2 Å². The van der Waals surface area contributed by atoms with Crippen LogP contribution in [0, 0.1) is 0 Å². The molecule has 1 unspecified atom stereocenters. The number of nitrogens with one attached hydrogen (secondary N) is 1. The Kier molecular flexibility index (Phi) is 4.74. The standard InChI is InChI=1S/C12H14F3NO4S/c13-12(14,15)21(17,18)11-4-2-1-3-10(11)20-8-9-7-16-5-6-19-9/h1-4,9,16H,5-8H2. The molecular weight excluding hydrogens is 311 g/mol. The van der Waals surface area contributed by atoms with Crippen molar-refractivity contribution in [3.05, 3.63) is 24.3 Å². The van der Waals surface area contributed by atoms with E-state index in [-0.39, 0.29) is 18.5 Å². The van der Waals surface area contributed by atoms with E-state index in [1.807, 2.05) is 0 Å². The van der Waals surface area contributed by atoms with Gasteiger partial charge in [0.2, 0.25) is 0 Å². The van der Waals surface area contributed by atoms with E-state index in [4.69, 9.17) is 9.47 Å². The van der Waals surface area contributed by atoms with E-state index >= 15 is 0 Å². The fraction of sp³-hybridized carbons (Fsp3) is 0.500. The van der Waals surface area contributed by atoms with Crippen LogP contribution in [0.4, 0.5) is 13.2 Å². The molecule has 1 aromatic rings. The van der Waals surface area contributed by atoms with Crippen LogP contribution < -0.4 is 10.1 Å². The quantitative estimate of drug-likeness (QED) is 0.905. The van der Waals surface area contributed by atoms with Crippen LogP contribution in [0.5, 0.6) is 5.75 Å². The normalized spacial score (nSPS) is 20.2. The molecule has 1 aliphatic heterocycles. The van der Waals surface area contributed by atoms with Crippen molar-refractivity contribution < 1.29 is 31.1 Å². The van der Waals surface area contributed by atoms with E-state index < -0.39 is 20.2 Å². The first-order valence-electron chi connectivity index (χ1n) is 6.18. The lowest BCUT2D eigenvalue weighted by molar-refractivity contribution is -0.0438. The zero-order chi connectivity index (χ0) is 15.5. The maximum atomic E-state index is 12.6. The molecule has 9 heteroatoms. The van der Waals surface area contributed by atoms with E-state index in [0.29, 0.717) is 19.7 Å². The van der Waals surface area contributed by atoms with Crippen molar-refractivity contribution >= 4 is 9.84 Å². The topological polar surface area (TPSA) is 64.6 Å². The molecule has 1 N–H and O–H groups in total. The molecule has 0 aromatic heterocycles. The number of para-hydroxylation sites is 1. The van der Waals surface area contributed by atoms with E-state index in [1.54, 1.807) is 0 Å². The second-order valence-electron chi connectivity index (χ2n) is 4.40. The van der Waals surface area contributed by atoms with Crippen LogP contribution in [0.3, 0.4) is 0 Å². The third-order valence-electron chi connectivity index (χ3n) is 2.87. The lowest BCUT2D eigenvalue weighted by atomic mass is 10.3. The van der Waals surface area contributed by atoms with Gasteiger partial charge in [0.1, 0.15) is 23.4 Å². The summed E-state index contributed by atoms with van der Waals surface area (Å²) in [6, 6.07) is 4.68. The van der Waals surface area contributed by atoms with Crippen LogP contribution in [-0.2, 0) is 14.6 Å². The van der Waals surface area contributed by atoms with Crippen molar-refractivity contribution in [1.82, 2.24) is 5.32 Å². The van der Waals surface area contributed by atoms with Gasteiger partial charge in [-0.05, 0) is 12.1 Å². The van der Waals surface area contributed by atoms with Gasteiger partial charge in [-0.2, -0.15) is 13.2 Å². The van der Waals surface area contributed by atoms with Crippen molar-refractivity contribution in [3.8, 4) is 5.75 Å². The summed E-state index contributed by atoms with van der Waals surface area (Å²) in [6.45, 7) is 1.62. The van der Waals surface area contributed by atoms with Gasteiger partial charge in [0.05, 0.1) is 6.61 Å². The Morgan fingerprint density at radius 2 is 2.05 bits per heavy atom. The number of rotatable bonds is 4. The minimum Gasteiger partial charge on any atom is -0.489 e. The minimum absolute atomic E-state index is 0.0304. The van der Waals surface area contributed by atoms with Crippen LogP contribution in [0.25, 0.3) is 0 Å². The number of sulfone groups is 1. The molecule has 21 heavy (non-hydrogen) atoms. The molecule has 1 fully saturated rings. The van der Waals surface area contributed by atoms with Gasteiger partial charge in [0, 0.05) is 13.1 Å². The first-order chi connectivity index (χ1) is 9.82. The van der Waals surface area contributed by atoms with Crippen molar-refractivity contribution in [3.63, 3.8) is 0 Å². The summed E-state index contributed by atoms with van der Waals surface area (Å²) in [5.74, 6) is -0.330. The van der Waals surface area contributed by atoms with Gasteiger partial charge >= 0.3 is 5.51 Å².